The molecule has 0 bridgehead atoms. The monoisotopic (exact) mass is 799 g/mol. The fourth-order valence-electron chi connectivity index (χ4n) is 8.52. The fourth-order valence-corrected chi connectivity index (χ4v) is 8.52. The first-order valence-corrected chi connectivity index (χ1v) is 20.3. The zero-order valence-electron chi connectivity index (χ0n) is 41.0. The molecule has 0 aliphatic heterocycles. The van der Waals surface area contributed by atoms with Gasteiger partial charge in [-0.2, -0.15) is 0 Å². The van der Waals surface area contributed by atoms with Crippen LogP contribution in [-0.4, -0.2) is 24.1 Å². The Morgan fingerprint density at radius 1 is 0.290 bits per heavy atom. The molecule has 0 aliphatic rings. The quantitative estimate of drug-likeness (QED) is 0.161. The Hall–Kier alpha value is -8.41. The van der Waals surface area contributed by atoms with Gasteiger partial charge in [0.25, 0.3) is 0 Å². The molecule has 0 radical (unpaired) electrons. The highest BCUT2D eigenvalue weighted by atomic mass is 15.0. The summed E-state index contributed by atoms with van der Waals surface area (Å²) in [6.45, 7) is 0. The van der Waals surface area contributed by atoms with Crippen molar-refractivity contribution in [2.45, 2.75) is 0 Å². The number of aromatic nitrogens is 5. The van der Waals surface area contributed by atoms with E-state index in [-0.39, 0.29) is 46.0 Å². The molecule has 0 amide bonds. The Labute approximate surface area is 369 Å². The first kappa shape index (κ1) is 28.1. The Bertz CT molecular complexity index is 4000. The van der Waals surface area contributed by atoms with Crippen molar-refractivity contribution in [2.75, 3.05) is 0 Å². The lowest BCUT2D eigenvalue weighted by atomic mass is 10.0. The molecule has 290 valence electrons. The largest absolute Gasteiger partial charge is 0.309 e. The average Bonchev–Trinajstić information content (AvgIpc) is 3.95. The molecule has 0 aliphatic carbocycles. The number of nitrogens with zero attached hydrogens (tertiary/aromatic N) is 5. The fraction of sp³-hybridized carbons (Fsp3) is 0. The lowest BCUT2D eigenvalue weighted by Gasteiger charge is -2.15. The number of benzene rings is 9. The van der Waals surface area contributed by atoms with Crippen LogP contribution in [0.15, 0.2) is 224 Å². The maximum absolute atomic E-state index is 9.11. The maximum atomic E-state index is 9.11. The Morgan fingerprint density at radius 2 is 0.742 bits per heavy atom. The summed E-state index contributed by atoms with van der Waals surface area (Å²) >= 11 is 0. The minimum absolute atomic E-state index is 0.0295. The van der Waals surface area contributed by atoms with E-state index in [1.54, 1.807) is 4.57 Å². The number of rotatable bonds is 7. The minimum Gasteiger partial charge on any atom is -0.309 e. The second-order valence-corrected chi connectivity index (χ2v) is 15.1. The summed E-state index contributed by atoms with van der Waals surface area (Å²) in [6.07, 6.45) is 0. The van der Waals surface area contributed by atoms with Gasteiger partial charge in [0.1, 0.15) is 0 Å². The van der Waals surface area contributed by atoms with Crippen molar-refractivity contribution in [3.8, 4) is 67.8 Å². The van der Waals surface area contributed by atoms with E-state index in [2.05, 4.69) is 59.2 Å². The smallest absolute Gasteiger partial charge is 0.164 e. The second-order valence-electron chi connectivity index (χ2n) is 15.1. The van der Waals surface area contributed by atoms with Crippen LogP contribution in [0.1, 0.15) is 11.0 Å². The summed E-state index contributed by atoms with van der Waals surface area (Å²) in [7, 11) is 0. The molecule has 0 saturated heterocycles. The summed E-state index contributed by atoms with van der Waals surface area (Å²) in [4.78, 5) is 15.4. The summed E-state index contributed by atoms with van der Waals surface area (Å²) in [5, 5.41) is 1.76. The molecule has 3 aromatic heterocycles. The Kier molecular flexibility index (Phi) is 6.67. The molecule has 12 rings (SSSR count). The van der Waals surface area contributed by atoms with Gasteiger partial charge in [0.05, 0.1) is 33.0 Å². The molecule has 62 heavy (non-hydrogen) atoms. The predicted octanol–water partition coefficient (Wildman–Crippen LogP) is 14.4. The number of hydrogen-bond acceptors (Lipinski definition) is 3. The molecule has 12 aromatic rings. The normalized spacial score (nSPS) is 13.4. The van der Waals surface area contributed by atoms with Crippen molar-refractivity contribution >= 4 is 43.6 Å². The van der Waals surface area contributed by atoms with E-state index in [9.17, 15) is 0 Å². The van der Waals surface area contributed by atoms with Crippen molar-refractivity contribution < 1.29 is 11.0 Å². The Balaban J connectivity index is 1.09. The number of fused-ring (bicyclic) bond motifs is 6. The SMILES string of the molecule is [2H]c1c([2H])c([2H])c2c(c1[2H])c1c([2H])c([2H])c([2H])c([2H])c1n2-c1ccc2c(c1)c1ccccc1n2-c1cc(-c2ccccc2)cc(-c2nc(-c3ccccc3)nc(-c3ccc(-c4ccccc4)cc3)n2)c1. The zero-order valence-corrected chi connectivity index (χ0v) is 33.0. The predicted molar refractivity (Wildman–Crippen MR) is 256 cm³/mol. The molecule has 0 unspecified atom stereocenters. The van der Waals surface area contributed by atoms with Crippen molar-refractivity contribution in [2.24, 2.45) is 0 Å². The molecule has 0 atom stereocenters. The van der Waals surface area contributed by atoms with Crippen LogP contribution in [0.5, 0.6) is 0 Å². The molecule has 3 heterocycles. The second kappa shape index (κ2) is 14.7. The topological polar surface area (TPSA) is 48.5 Å². The third kappa shape index (κ3) is 6.06. The average molecular weight is 800 g/mol. The van der Waals surface area contributed by atoms with Crippen LogP contribution in [0, 0.1) is 0 Å². The molecule has 9 aromatic carbocycles. The lowest BCUT2D eigenvalue weighted by Crippen LogP contribution is -2.02. The molecule has 5 heteroatoms. The third-order valence-electron chi connectivity index (χ3n) is 11.4. The van der Waals surface area contributed by atoms with E-state index in [1.165, 1.54) is 0 Å². The first-order chi connectivity index (χ1) is 34.0. The summed E-state index contributed by atoms with van der Waals surface area (Å²) in [6, 6.07) is 55.1. The van der Waals surface area contributed by atoms with Crippen LogP contribution in [0.2, 0.25) is 0 Å². The molecule has 0 saturated carbocycles. The summed E-state index contributed by atoms with van der Waals surface area (Å²) in [5.74, 6) is 1.54. The highest BCUT2D eigenvalue weighted by Gasteiger charge is 2.19. The van der Waals surface area contributed by atoms with Gasteiger partial charge >= 0.3 is 0 Å². The summed E-state index contributed by atoms with van der Waals surface area (Å²) in [5.41, 5.74) is 9.69. The van der Waals surface area contributed by atoms with Crippen molar-refractivity contribution in [1.82, 2.24) is 24.1 Å². The van der Waals surface area contributed by atoms with E-state index in [0.29, 0.717) is 23.2 Å². The van der Waals surface area contributed by atoms with E-state index in [0.717, 1.165) is 66.4 Å². The van der Waals surface area contributed by atoms with Gasteiger partial charge in [0, 0.05) is 49.6 Å². The van der Waals surface area contributed by atoms with Crippen LogP contribution in [0.25, 0.3) is 111 Å². The van der Waals surface area contributed by atoms with Gasteiger partial charge in [0.15, 0.2) is 17.5 Å². The van der Waals surface area contributed by atoms with Gasteiger partial charge in [0.2, 0.25) is 0 Å². The number of para-hydroxylation sites is 3. The van der Waals surface area contributed by atoms with E-state index >= 15 is 0 Å². The molecular formula is C57H37N5. The highest BCUT2D eigenvalue weighted by molar-refractivity contribution is 6.12. The third-order valence-corrected chi connectivity index (χ3v) is 11.4. The van der Waals surface area contributed by atoms with E-state index in [4.69, 9.17) is 25.9 Å². The molecule has 5 nitrogen and oxygen atoms in total. The summed E-state index contributed by atoms with van der Waals surface area (Å²) < 4.78 is 74.2. The molecule has 0 N–H and O–H groups in total. The molecular weight excluding hydrogens is 755 g/mol. The van der Waals surface area contributed by atoms with Crippen molar-refractivity contribution in [1.29, 1.82) is 0 Å². The van der Waals surface area contributed by atoms with Gasteiger partial charge in [-0.3, -0.25) is 0 Å². The van der Waals surface area contributed by atoms with Crippen LogP contribution in [-0.2, 0) is 0 Å². The Morgan fingerprint density at radius 3 is 1.39 bits per heavy atom. The van der Waals surface area contributed by atoms with Crippen LogP contribution in [0.4, 0.5) is 0 Å². The molecule has 0 spiro atoms. The first-order valence-electron chi connectivity index (χ1n) is 24.3. The maximum Gasteiger partial charge on any atom is 0.164 e. The van der Waals surface area contributed by atoms with Crippen molar-refractivity contribution in [3.63, 3.8) is 0 Å². The van der Waals surface area contributed by atoms with Gasteiger partial charge in [-0.05, 0) is 76.8 Å². The van der Waals surface area contributed by atoms with Gasteiger partial charge in [-0.15, -0.1) is 0 Å². The zero-order chi connectivity index (χ0) is 47.9. The van der Waals surface area contributed by atoms with Crippen LogP contribution >= 0.6 is 0 Å². The van der Waals surface area contributed by atoms with Gasteiger partial charge in [-0.25, -0.2) is 15.0 Å². The van der Waals surface area contributed by atoms with Gasteiger partial charge in [-0.1, -0.05) is 170 Å². The van der Waals surface area contributed by atoms with Crippen LogP contribution < -0.4 is 0 Å². The van der Waals surface area contributed by atoms with E-state index < -0.39 is 24.2 Å². The lowest BCUT2D eigenvalue weighted by molar-refractivity contribution is 1.07. The van der Waals surface area contributed by atoms with Gasteiger partial charge < -0.3 is 9.13 Å². The number of hydrogen-bond donors (Lipinski definition) is 0. The van der Waals surface area contributed by atoms with Crippen LogP contribution in [0.3, 0.4) is 0 Å². The van der Waals surface area contributed by atoms with E-state index in [1.807, 2.05) is 121 Å². The van der Waals surface area contributed by atoms with Crippen molar-refractivity contribution in [3.05, 3.63) is 224 Å². The molecule has 0 fully saturated rings. The standard InChI is InChI=1S/C57H37N5/c1-4-16-38(17-5-1)40-28-30-42(31-29-40)56-58-55(41-20-8-3-9-21-41)59-57(60-56)44-34-43(39-18-6-2-7-19-39)35-46(36-44)62-53-27-15-12-24-49(53)50-37-45(32-33-54(50)62)61-51-25-13-10-22-47(51)48-23-11-14-26-52(48)61/h1-37H/i10D,11D,13D,14D,22D,23D,25D,26D. The minimum atomic E-state index is -0.484. The highest BCUT2D eigenvalue weighted by Crippen LogP contribution is 2.39.